The molecule has 1 aromatic carbocycles. The number of rotatable bonds is 8. The van der Waals surface area contributed by atoms with E-state index >= 15 is 0 Å². The number of benzene rings is 1. The minimum atomic E-state index is -0.847. The van der Waals surface area contributed by atoms with Gasteiger partial charge in [0.25, 0.3) is 0 Å². The lowest BCUT2D eigenvalue weighted by atomic mass is 9.94. The second-order valence-corrected chi connectivity index (χ2v) is 6.36. The number of ether oxygens (including phenoxy) is 2. The van der Waals surface area contributed by atoms with E-state index in [4.69, 9.17) is 21.7 Å². The van der Waals surface area contributed by atoms with Gasteiger partial charge in [-0.15, -0.1) is 0 Å². The maximum atomic E-state index is 14.4. The molecule has 1 heterocycles. The summed E-state index contributed by atoms with van der Waals surface area (Å²) < 4.78 is 38.2. The summed E-state index contributed by atoms with van der Waals surface area (Å²) in [7, 11) is 0. The van der Waals surface area contributed by atoms with Crippen LogP contribution >= 0.6 is 12.2 Å². The van der Waals surface area contributed by atoms with E-state index < -0.39 is 23.6 Å². The van der Waals surface area contributed by atoms with Crippen LogP contribution in [0.1, 0.15) is 38.8 Å². The highest BCUT2D eigenvalue weighted by Gasteiger charge is 2.35. The van der Waals surface area contributed by atoms with Gasteiger partial charge in [-0.2, -0.15) is 0 Å². The van der Waals surface area contributed by atoms with Crippen molar-refractivity contribution in [1.82, 2.24) is 10.2 Å². The van der Waals surface area contributed by atoms with Crippen LogP contribution in [-0.2, 0) is 14.3 Å². The van der Waals surface area contributed by atoms with E-state index in [1.165, 1.54) is 6.07 Å². The van der Waals surface area contributed by atoms with E-state index in [9.17, 15) is 13.6 Å². The van der Waals surface area contributed by atoms with Crippen LogP contribution < -0.4 is 5.32 Å². The van der Waals surface area contributed by atoms with Crippen molar-refractivity contribution in [3.8, 4) is 0 Å². The van der Waals surface area contributed by atoms with Crippen molar-refractivity contribution < 1.29 is 23.0 Å². The predicted molar refractivity (Wildman–Crippen MR) is 102 cm³/mol. The summed E-state index contributed by atoms with van der Waals surface area (Å²) in [5.74, 6) is -2.01. The Morgan fingerprint density at radius 3 is 2.67 bits per heavy atom. The molecule has 0 aromatic heterocycles. The van der Waals surface area contributed by atoms with Crippen molar-refractivity contribution in [3.63, 3.8) is 0 Å². The van der Waals surface area contributed by atoms with Crippen molar-refractivity contribution in [2.24, 2.45) is 0 Å². The Balaban J connectivity index is 2.40. The number of hydrogen-bond donors (Lipinski definition) is 1. The van der Waals surface area contributed by atoms with Crippen molar-refractivity contribution in [2.75, 3.05) is 26.4 Å². The Morgan fingerprint density at radius 2 is 2.04 bits per heavy atom. The number of nitrogens with zero attached hydrogens (tertiary/aromatic N) is 1. The zero-order valence-electron chi connectivity index (χ0n) is 15.7. The highest BCUT2D eigenvalue weighted by atomic mass is 32.1. The molecule has 1 aliphatic heterocycles. The fourth-order valence-electron chi connectivity index (χ4n) is 2.96. The number of halogens is 2. The van der Waals surface area contributed by atoms with Crippen LogP contribution in [0.15, 0.2) is 29.5 Å². The van der Waals surface area contributed by atoms with Gasteiger partial charge in [-0.25, -0.2) is 13.6 Å². The largest absolute Gasteiger partial charge is 0.463 e. The monoisotopic (exact) mass is 398 g/mol. The van der Waals surface area contributed by atoms with Gasteiger partial charge in [0, 0.05) is 37.1 Å². The molecular formula is C19H24F2N2O3S. The third-order valence-corrected chi connectivity index (χ3v) is 4.58. The molecule has 1 N–H and O–H groups in total. The predicted octanol–water partition coefficient (Wildman–Crippen LogP) is 3.46. The van der Waals surface area contributed by atoms with E-state index in [2.05, 4.69) is 5.32 Å². The molecule has 8 heteroatoms. The fraction of sp³-hybridized carbons (Fsp3) is 0.474. The molecule has 0 fully saturated rings. The average Bonchev–Trinajstić information content (AvgIpc) is 2.60. The number of carbonyl (C=O) groups is 1. The zero-order chi connectivity index (χ0) is 20.0. The summed E-state index contributed by atoms with van der Waals surface area (Å²) in [5.41, 5.74) is 0.977. The number of allylic oxidation sites excluding steroid dienone is 1. The van der Waals surface area contributed by atoms with Crippen molar-refractivity contribution in [2.45, 2.75) is 33.2 Å². The summed E-state index contributed by atoms with van der Waals surface area (Å²) in [5, 5.41) is 3.37. The second kappa shape index (κ2) is 9.75. The Hall–Kier alpha value is -2.06. The Morgan fingerprint density at radius 1 is 1.30 bits per heavy atom. The number of esters is 1. The number of carbonyl (C=O) groups excluding carboxylic acids is 1. The van der Waals surface area contributed by atoms with Gasteiger partial charge < -0.3 is 19.7 Å². The summed E-state index contributed by atoms with van der Waals surface area (Å²) in [6.45, 7) is 7.27. The first kappa shape index (κ1) is 21.2. The van der Waals surface area contributed by atoms with Crippen LogP contribution in [-0.4, -0.2) is 42.3 Å². The maximum absolute atomic E-state index is 14.4. The first-order chi connectivity index (χ1) is 12.9. The third kappa shape index (κ3) is 5.01. The quantitative estimate of drug-likeness (QED) is 0.411. The van der Waals surface area contributed by atoms with E-state index in [1.54, 1.807) is 18.7 Å². The zero-order valence-corrected chi connectivity index (χ0v) is 16.5. The number of thiocarbonyl (C=S) groups is 1. The normalized spacial score (nSPS) is 17.1. The molecule has 0 bridgehead atoms. The molecule has 0 amide bonds. The standard InChI is InChI=1S/C19H24F2N2O3S/c1-4-25-10-6-9-23-12(3)16(18(24)26-5-2)17(22-19(23)27)14-8-7-13(20)11-15(14)21/h7-8,11,17H,4-6,9-10H2,1-3H3,(H,22,27)/t17-/m0/s1. The van der Waals surface area contributed by atoms with Gasteiger partial charge >= 0.3 is 5.97 Å². The highest BCUT2D eigenvalue weighted by Crippen LogP contribution is 2.33. The van der Waals surface area contributed by atoms with Gasteiger partial charge in [0.15, 0.2) is 5.11 Å². The Kier molecular flexibility index (Phi) is 7.67. The molecule has 0 spiro atoms. The third-order valence-electron chi connectivity index (χ3n) is 4.24. The molecular weight excluding hydrogens is 374 g/mol. The summed E-state index contributed by atoms with van der Waals surface area (Å²) >= 11 is 5.42. The molecule has 148 valence electrons. The molecule has 0 radical (unpaired) electrons. The van der Waals surface area contributed by atoms with Crippen molar-refractivity contribution >= 4 is 23.3 Å². The summed E-state index contributed by atoms with van der Waals surface area (Å²) in [4.78, 5) is 14.4. The van der Waals surface area contributed by atoms with E-state index in [0.717, 1.165) is 12.1 Å². The smallest absolute Gasteiger partial charge is 0.338 e. The molecule has 27 heavy (non-hydrogen) atoms. The maximum Gasteiger partial charge on any atom is 0.338 e. The van der Waals surface area contributed by atoms with Gasteiger partial charge in [0.05, 0.1) is 18.2 Å². The molecule has 1 aromatic rings. The molecule has 2 rings (SSSR count). The lowest BCUT2D eigenvalue weighted by Crippen LogP contribution is -2.48. The van der Waals surface area contributed by atoms with Gasteiger partial charge in [-0.3, -0.25) is 0 Å². The van der Waals surface area contributed by atoms with Gasteiger partial charge in [0.1, 0.15) is 11.6 Å². The van der Waals surface area contributed by atoms with Crippen LogP contribution in [0.5, 0.6) is 0 Å². The number of nitrogens with one attached hydrogen (secondary N) is 1. The molecule has 0 aliphatic carbocycles. The van der Waals surface area contributed by atoms with Crippen LogP contribution in [0.3, 0.4) is 0 Å². The van der Waals surface area contributed by atoms with Gasteiger partial charge in [-0.1, -0.05) is 6.07 Å². The van der Waals surface area contributed by atoms with E-state index in [1.807, 2.05) is 6.92 Å². The Bertz CT molecular complexity index is 740. The van der Waals surface area contributed by atoms with Crippen LogP contribution in [0, 0.1) is 11.6 Å². The second-order valence-electron chi connectivity index (χ2n) is 5.97. The minimum Gasteiger partial charge on any atom is -0.463 e. The van der Waals surface area contributed by atoms with Crippen molar-refractivity contribution in [1.29, 1.82) is 0 Å². The van der Waals surface area contributed by atoms with E-state index in [0.29, 0.717) is 37.0 Å². The molecule has 5 nitrogen and oxygen atoms in total. The lowest BCUT2D eigenvalue weighted by Gasteiger charge is -2.37. The topological polar surface area (TPSA) is 50.8 Å². The van der Waals surface area contributed by atoms with Crippen molar-refractivity contribution in [3.05, 3.63) is 46.7 Å². The van der Waals surface area contributed by atoms with Crippen LogP contribution in [0.4, 0.5) is 8.78 Å². The molecule has 1 atom stereocenters. The van der Waals surface area contributed by atoms with Crippen LogP contribution in [0.2, 0.25) is 0 Å². The van der Waals surface area contributed by atoms with Crippen LogP contribution in [0.25, 0.3) is 0 Å². The first-order valence-corrected chi connectivity index (χ1v) is 9.30. The summed E-state index contributed by atoms with van der Waals surface area (Å²) in [6, 6.07) is 2.39. The van der Waals surface area contributed by atoms with E-state index in [-0.39, 0.29) is 17.7 Å². The minimum absolute atomic E-state index is 0.134. The van der Waals surface area contributed by atoms with Gasteiger partial charge in [-0.05, 0) is 45.5 Å². The SMILES string of the molecule is CCOCCCN1C(=S)N[C@@H](c2ccc(F)cc2F)C(C(=O)OCC)=C1C. The fourth-order valence-corrected chi connectivity index (χ4v) is 3.31. The number of hydrogen-bond acceptors (Lipinski definition) is 4. The lowest BCUT2D eigenvalue weighted by molar-refractivity contribution is -0.139. The Labute approximate surface area is 163 Å². The molecule has 0 saturated heterocycles. The molecule has 0 saturated carbocycles. The highest BCUT2D eigenvalue weighted by molar-refractivity contribution is 7.80. The van der Waals surface area contributed by atoms with Gasteiger partial charge in [0.2, 0.25) is 0 Å². The average molecular weight is 398 g/mol. The molecule has 1 aliphatic rings. The first-order valence-electron chi connectivity index (χ1n) is 8.89. The molecule has 0 unspecified atom stereocenters. The summed E-state index contributed by atoms with van der Waals surface area (Å²) in [6.07, 6.45) is 0.707.